The fraction of sp³-hybridized carbons (Fsp3) is 0.500. The minimum Gasteiger partial charge on any atom is -0.481 e. The Kier molecular flexibility index (Phi) is 3.25. The Labute approximate surface area is 80.6 Å². The van der Waals surface area contributed by atoms with E-state index in [0.717, 1.165) is 16.6 Å². The van der Waals surface area contributed by atoms with Gasteiger partial charge in [-0.1, -0.05) is 0 Å². The van der Waals surface area contributed by atoms with Crippen molar-refractivity contribution in [3.8, 4) is 0 Å². The molecule has 0 radical (unpaired) electrons. The topological polar surface area (TPSA) is 62.2 Å². The molecule has 4 nitrogen and oxygen atoms in total. The number of nitrogens with one attached hydrogen (secondary N) is 1. The Balaban J connectivity index is 2.77. The third-order valence-corrected chi connectivity index (χ3v) is 2.51. The summed E-state index contributed by atoms with van der Waals surface area (Å²) in [4.78, 5) is 15.6. The van der Waals surface area contributed by atoms with Crippen molar-refractivity contribution in [1.29, 1.82) is 0 Å². The van der Waals surface area contributed by atoms with Crippen LogP contribution >= 0.6 is 11.3 Å². The molecule has 1 heterocycles. The van der Waals surface area contributed by atoms with Crippen molar-refractivity contribution in [2.24, 2.45) is 0 Å². The van der Waals surface area contributed by atoms with Crippen LogP contribution in [0.3, 0.4) is 0 Å². The van der Waals surface area contributed by atoms with Crippen LogP contribution in [0.5, 0.6) is 0 Å². The number of aryl methyl sites for hydroxylation is 1. The van der Waals surface area contributed by atoms with E-state index in [9.17, 15) is 4.79 Å². The summed E-state index contributed by atoms with van der Waals surface area (Å²) < 4.78 is 0. The SMILES string of the molecule is CCNc1nc(CC(=O)O)c(C)s1. The van der Waals surface area contributed by atoms with Gasteiger partial charge < -0.3 is 10.4 Å². The number of rotatable bonds is 4. The van der Waals surface area contributed by atoms with Crippen molar-refractivity contribution in [3.05, 3.63) is 10.6 Å². The lowest BCUT2D eigenvalue weighted by molar-refractivity contribution is -0.136. The largest absolute Gasteiger partial charge is 0.481 e. The molecule has 0 spiro atoms. The number of hydrogen-bond acceptors (Lipinski definition) is 4. The highest BCUT2D eigenvalue weighted by Gasteiger charge is 2.09. The highest BCUT2D eigenvalue weighted by Crippen LogP contribution is 2.21. The van der Waals surface area contributed by atoms with Crippen LogP contribution in [0.4, 0.5) is 5.13 Å². The molecule has 0 saturated heterocycles. The first-order valence-electron chi connectivity index (χ1n) is 4.05. The first-order chi connectivity index (χ1) is 6.13. The van der Waals surface area contributed by atoms with E-state index in [4.69, 9.17) is 5.11 Å². The van der Waals surface area contributed by atoms with Crippen LogP contribution in [0.25, 0.3) is 0 Å². The highest BCUT2D eigenvalue weighted by atomic mass is 32.1. The number of thiazole rings is 1. The van der Waals surface area contributed by atoms with Crippen LogP contribution in [0.15, 0.2) is 0 Å². The van der Waals surface area contributed by atoms with Crippen molar-refractivity contribution >= 4 is 22.4 Å². The molecule has 1 rings (SSSR count). The van der Waals surface area contributed by atoms with E-state index >= 15 is 0 Å². The van der Waals surface area contributed by atoms with E-state index in [1.807, 2.05) is 13.8 Å². The van der Waals surface area contributed by atoms with E-state index in [1.165, 1.54) is 11.3 Å². The zero-order valence-corrected chi connectivity index (χ0v) is 8.44. The summed E-state index contributed by atoms with van der Waals surface area (Å²) in [6.07, 6.45) is 0.00767. The van der Waals surface area contributed by atoms with Gasteiger partial charge >= 0.3 is 5.97 Å². The van der Waals surface area contributed by atoms with Gasteiger partial charge in [0.1, 0.15) is 0 Å². The Morgan fingerprint density at radius 1 is 1.69 bits per heavy atom. The van der Waals surface area contributed by atoms with Gasteiger partial charge in [0.25, 0.3) is 0 Å². The first-order valence-corrected chi connectivity index (χ1v) is 4.87. The molecule has 13 heavy (non-hydrogen) atoms. The Morgan fingerprint density at radius 3 is 2.92 bits per heavy atom. The van der Waals surface area contributed by atoms with Crippen LogP contribution in [-0.2, 0) is 11.2 Å². The third kappa shape index (κ3) is 2.69. The molecule has 5 heteroatoms. The number of carboxylic acid groups (broad SMARTS) is 1. The van der Waals surface area contributed by atoms with E-state index in [1.54, 1.807) is 0 Å². The number of hydrogen-bond donors (Lipinski definition) is 2. The minimum atomic E-state index is -0.837. The summed E-state index contributed by atoms with van der Waals surface area (Å²) in [5.41, 5.74) is 0.661. The van der Waals surface area contributed by atoms with Crippen molar-refractivity contribution in [1.82, 2.24) is 4.98 Å². The molecule has 0 atom stereocenters. The van der Waals surface area contributed by atoms with Crippen LogP contribution in [0.1, 0.15) is 17.5 Å². The van der Waals surface area contributed by atoms with Crippen molar-refractivity contribution < 1.29 is 9.90 Å². The molecule has 0 amide bonds. The summed E-state index contributed by atoms with van der Waals surface area (Å²) in [5, 5.41) is 12.4. The normalized spacial score (nSPS) is 10.0. The third-order valence-electron chi connectivity index (χ3n) is 1.54. The van der Waals surface area contributed by atoms with Crippen molar-refractivity contribution in [2.45, 2.75) is 20.3 Å². The van der Waals surface area contributed by atoms with Crippen LogP contribution in [0, 0.1) is 6.92 Å². The second kappa shape index (κ2) is 4.23. The van der Waals surface area contributed by atoms with Gasteiger partial charge in [0, 0.05) is 11.4 Å². The lowest BCUT2D eigenvalue weighted by atomic mass is 10.3. The van der Waals surface area contributed by atoms with Crippen LogP contribution in [0.2, 0.25) is 0 Å². The van der Waals surface area contributed by atoms with Gasteiger partial charge in [-0.15, -0.1) is 11.3 Å². The van der Waals surface area contributed by atoms with Crippen LogP contribution < -0.4 is 5.32 Å². The molecule has 0 saturated carbocycles. The quantitative estimate of drug-likeness (QED) is 0.773. The highest BCUT2D eigenvalue weighted by molar-refractivity contribution is 7.15. The molecule has 2 N–H and O–H groups in total. The van der Waals surface area contributed by atoms with E-state index in [2.05, 4.69) is 10.3 Å². The van der Waals surface area contributed by atoms with Crippen molar-refractivity contribution in [2.75, 3.05) is 11.9 Å². The second-order valence-corrected chi connectivity index (χ2v) is 3.83. The van der Waals surface area contributed by atoms with Gasteiger partial charge in [0.2, 0.25) is 0 Å². The second-order valence-electron chi connectivity index (χ2n) is 2.62. The zero-order valence-electron chi connectivity index (χ0n) is 7.63. The number of aromatic nitrogens is 1. The van der Waals surface area contributed by atoms with Gasteiger partial charge in [0.05, 0.1) is 12.1 Å². The maximum atomic E-state index is 10.4. The van der Waals surface area contributed by atoms with Gasteiger partial charge in [-0.05, 0) is 13.8 Å². The maximum Gasteiger partial charge on any atom is 0.309 e. The molecule has 0 aliphatic carbocycles. The van der Waals surface area contributed by atoms with E-state index < -0.39 is 5.97 Å². The predicted octanol–water partition coefficient (Wildman–Crippen LogP) is 1.51. The molecule has 0 aliphatic rings. The molecular formula is C8H12N2O2S. The van der Waals surface area contributed by atoms with E-state index in [-0.39, 0.29) is 6.42 Å². The molecule has 72 valence electrons. The number of aliphatic carboxylic acids is 1. The molecule has 1 aromatic heterocycles. The standard InChI is InChI=1S/C8H12N2O2S/c1-3-9-8-10-6(4-7(11)12)5(2)13-8/h3-4H2,1-2H3,(H,9,10)(H,11,12). The number of nitrogens with zero attached hydrogens (tertiary/aromatic N) is 1. The number of anilines is 1. The Morgan fingerprint density at radius 2 is 2.38 bits per heavy atom. The van der Waals surface area contributed by atoms with Crippen molar-refractivity contribution in [3.63, 3.8) is 0 Å². The molecule has 0 fully saturated rings. The lowest BCUT2D eigenvalue weighted by Crippen LogP contribution is -2.02. The zero-order chi connectivity index (χ0) is 9.84. The van der Waals surface area contributed by atoms with Crippen LogP contribution in [-0.4, -0.2) is 22.6 Å². The Bertz CT molecular complexity index is 309. The molecule has 0 unspecified atom stereocenters. The molecule has 1 aromatic rings. The number of carboxylic acids is 1. The molecule has 0 aromatic carbocycles. The molecular weight excluding hydrogens is 188 g/mol. The number of carbonyl (C=O) groups is 1. The smallest absolute Gasteiger partial charge is 0.309 e. The van der Waals surface area contributed by atoms with Gasteiger partial charge in [-0.3, -0.25) is 4.79 Å². The summed E-state index contributed by atoms with van der Waals surface area (Å²) in [6.45, 7) is 4.67. The average Bonchev–Trinajstić information content (AvgIpc) is 2.31. The van der Waals surface area contributed by atoms with Gasteiger partial charge in [-0.25, -0.2) is 4.98 Å². The lowest BCUT2D eigenvalue weighted by Gasteiger charge is -1.93. The monoisotopic (exact) mass is 200 g/mol. The average molecular weight is 200 g/mol. The molecule has 0 bridgehead atoms. The summed E-state index contributed by atoms with van der Waals surface area (Å²) in [7, 11) is 0. The summed E-state index contributed by atoms with van der Waals surface area (Å²) in [6, 6.07) is 0. The fourth-order valence-electron chi connectivity index (χ4n) is 0.962. The molecule has 0 aliphatic heterocycles. The first kappa shape index (κ1) is 9.98. The Hall–Kier alpha value is -1.10. The summed E-state index contributed by atoms with van der Waals surface area (Å²) in [5.74, 6) is -0.837. The van der Waals surface area contributed by atoms with Gasteiger partial charge in [0.15, 0.2) is 5.13 Å². The van der Waals surface area contributed by atoms with Gasteiger partial charge in [-0.2, -0.15) is 0 Å². The summed E-state index contributed by atoms with van der Waals surface area (Å²) >= 11 is 1.50. The predicted molar refractivity (Wildman–Crippen MR) is 52.4 cm³/mol. The van der Waals surface area contributed by atoms with E-state index in [0.29, 0.717) is 5.69 Å². The maximum absolute atomic E-state index is 10.4. The fourth-order valence-corrected chi connectivity index (χ4v) is 1.86. The minimum absolute atomic E-state index is 0.00767.